The molecule has 2 fully saturated rings. The number of hydrogen-bond acceptors (Lipinski definition) is 3. The fraction of sp³-hybridized carbons (Fsp3) is 0.481. The zero-order valence-electron chi connectivity index (χ0n) is 19.6. The molecule has 2 aromatic rings. The van der Waals surface area contributed by atoms with Crippen molar-refractivity contribution in [2.45, 2.75) is 44.7 Å². The molecule has 3 aliphatic rings. The lowest BCUT2D eigenvalue weighted by Crippen LogP contribution is -2.59. The Balaban J connectivity index is 1.23. The van der Waals surface area contributed by atoms with E-state index >= 15 is 0 Å². The molecular weight excluding hydrogens is 431 g/mol. The standard InChI is InChI=1S/C27H33FN4O2/c28-23-9-11-24(12-10-23)29-27(34)31-17-15-30(16-18-31)25(21-6-2-3-7-21)26(33)32-14-13-20-5-1-4-8-22(20)19-32/h1,4-5,8-12,21,25H,2-3,6-7,13-19H2,(H,29,34). The number of anilines is 1. The third-order valence-electron chi connectivity index (χ3n) is 7.63. The number of rotatable bonds is 4. The molecule has 1 saturated heterocycles. The Hall–Kier alpha value is -2.93. The number of urea groups is 1. The maximum atomic E-state index is 13.8. The number of piperazine rings is 1. The van der Waals surface area contributed by atoms with E-state index in [1.807, 2.05) is 0 Å². The number of carbonyl (C=O) groups is 2. The molecule has 2 aliphatic heterocycles. The molecule has 1 unspecified atom stereocenters. The first-order valence-corrected chi connectivity index (χ1v) is 12.5. The van der Waals surface area contributed by atoms with Gasteiger partial charge >= 0.3 is 6.03 Å². The lowest BCUT2D eigenvalue weighted by atomic mass is 9.92. The summed E-state index contributed by atoms with van der Waals surface area (Å²) in [5.74, 6) is 0.321. The van der Waals surface area contributed by atoms with E-state index in [4.69, 9.17) is 0 Å². The minimum absolute atomic E-state index is 0.102. The predicted octanol–water partition coefficient (Wildman–Crippen LogP) is 4.12. The number of fused-ring (bicyclic) bond motifs is 1. The number of carbonyl (C=O) groups excluding carboxylic acids is 2. The van der Waals surface area contributed by atoms with Gasteiger partial charge in [0.2, 0.25) is 5.91 Å². The normalized spacial score (nSPS) is 20.1. The van der Waals surface area contributed by atoms with E-state index < -0.39 is 0 Å². The van der Waals surface area contributed by atoms with Crippen LogP contribution in [0.25, 0.3) is 0 Å². The fourth-order valence-corrected chi connectivity index (χ4v) is 5.74. The third-order valence-corrected chi connectivity index (χ3v) is 7.63. The van der Waals surface area contributed by atoms with E-state index in [-0.39, 0.29) is 23.8 Å². The van der Waals surface area contributed by atoms with Gasteiger partial charge in [0.15, 0.2) is 0 Å². The van der Waals surface area contributed by atoms with E-state index in [0.717, 1.165) is 25.8 Å². The molecule has 2 heterocycles. The van der Waals surface area contributed by atoms with Crippen LogP contribution in [0.1, 0.15) is 36.8 Å². The van der Waals surface area contributed by atoms with Crippen LogP contribution in [-0.2, 0) is 17.8 Å². The van der Waals surface area contributed by atoms with Crippen LogP contribution in [0.5, 0.6) is 0 Å². The summed E-state index contributed by atoms with van der Waals surface area (Å²) in [4.78, 5) is 32.7. The fourth-order valence-electron chi connectivity index (χ4n) is 5.74. The molecule has 1 atom stereocenters. The molecule has 0 spiro atoms. The Kier molecular flexibility index (Phi) is 6.81. The van der Waals surface area contributed by atoms with E-state index in [0.29, 0.717) is 44.3 Å². The molecule has 0 bridgehead atoms. The largest absolute Gasteiger partial charge is 0.337 e. The van der Waals surface area contributed by atoms with E-state index in [2.05, 4.69) is 39.4 Å². The van der Waals surface area contributed by atoms with Gasteiger partial charge in [-0.2, -0.15) is 0 Å². The first kappa shape index (κ1) is 22.8. The lowest BCUT2D eigenvalue weighted by molar-refractivity contribution is -0.141. The van der Waals surface area contributed by atoms with Crippen LogP contribution in [0, 0.1) is 11.7 Å². The maximum Gasteiger partial charge on any atom is 0.321 e. The molecule has 1 N–H and O–H groups in total. The molecule has 0 radical (unpaired) electrons. The topological polar surface area (TPSA) is 55.9 Å². The van der Waals surface area contributed by atoms with Crippen LogP contribution in [0.2, 0.25) is 0 Å². The molecule has 1 saturated carbocycles. The van der Waals surface area contributed by atoms with Crippen molar-refractivity contribution < 1.29 is 14.0 Å². The summed E-state index contributed by atoms with van der Waals surface area (Å²) < 4.78 is 13.1. The number of amides is 3. The van der Waals surface area contributed by atoms with Gasteiger partial charge in [0, 0.05) is 45.0 Å². The first-order valence-electron chi connectivity index (χ1n) is 12.5. The molecule has 6 nitrogen and oxygen atoms in total. The SMILES string of the molecule is O=C(Nc1ccc(F)cc1)N1CCN(C(C(=O)N2CCc3ccccc3C2)C2CCCC2)CC1. The van der Waals surface area contributed by atoms with Crippen molar-refractivity contribution >= 4 is 17.6 Å². The zero-order chi connectivity index (χ0) is 23.5. The molecule has 3 amide bonds. The molecule has 34 heavy (non-hydrogen) atoms. The van der Waals surface area contributed by atoms with Gasteiger partial charge in [0.1, 0.15) is 5.82 Å². The highest BCUT2D eigenvalue weighted by atomic mass is 19.1. The van der Waals surface area contributed by atoms with Crippen molar-refractivity contribution in [3.63, 3.8) is 0 Å². The molecule has 1 aliphatic carbocycles. The van der Waals surface area contributed by atoms with Crippen LogP contribution < -0.4 is 5.32 Å². The average molecular weight is 465 g/mol. The number of halogens is 1. The summed E-state index contributed by atoms with van der Waals surface area (Å²) in [7, 11) is 0. The van der Waals surface area contributed by atoms with Gasteiger partial charge in [-0.3, -0.25) is 9.69 Å². The minimum atomic E-state index is -0.327. The molecular formula is C27H33FN4O2. The van der Waals surface area contributed by atoms with Gasteiger partial charge < -0.3 is 15.1 Å². The van der Waals surface area contributed by atoms with Crippen molar-refractivity contribution in [3.8, 4) is 0 Å². The quantitative estimate of drug-likeness (QED) is 0.741. The second kappa shape index (κ2) is 10.1. The number of benzene rings is 2. The Labute approximate surface area is 200 Å². The summed E-state index contributed by atoms with van der Waals surface area (Å²) in [5.41, 5.74) is 3.19. The number of hydrogen-bond donors (Lipinski definition) is 1. The van der Waals surface area contributed by atoms with Gasteiger partial charge in [-0.25, -0.2) is 9.18 Å². The summed E-state index contributed by atoms with van der Waals surface area (Å²) in [5, 5.41) is 2.85. The van der Waals surface area contributed by atoms with Crippen LogP contribution in [0.3, 0.4) is 0 Å². The Morgan fingerprint density at radius 2 is 1.53 bits per heavy atom. The number of nitrogens with zero attached hydrogens (tertiary/aromatic N) is 3. The molecule has 5 rings (SSSR count). The molecule has 0 aromatic heterocycles. The Bertz CT molecular complexity index is 1010. The van der Waals surface area contributed by atoms with Gasteiger partial charge in [-0.1, -0.05) is 37.1 Å². The monoisotopic (exact) mass is 464 g/mol. The van der Waals surface area contributed by atoms with Gasteiger partial charge in [0.05, 0.1) is 6.04 Å². The highest BCUT2D eigenvalue weighted by Crippen LogP contribution is 2.33. The van der Waals surface area contributed by atoms with Gasteiger partial charge in [0.25, 0.3) is 0 Å². The second-order valence-electron chi connectivity index (χ2n) is 9.73. The van der Waals surface area contributed by atoms with E-state index in [1.54, 1.807) is 17.0 Å². The van der Waals surface area contributed by atoms with Crippen LogP contribution in [-0.4, -0.2) is 65.4 Å². The average Bonchev–Trinajstić information content (AvgIpc) is 3.40. The third kappa shape index (κ3) is 4.94. The highest BCUT2D eigenvalue weighted by molar-refractivity contribution is 5.89. The van der Waals surface area contributed by atoms with Crippen LogP contribution in [0.15, 0.2) is 48.5 Å². The Morgan fingerprint density at radius 3 is 2.24 bits per heavy atom. The summed E-state index contributed by atoms with van der Waals surface area (Å²) in [6, 6.07) is 14.0. The summed E-state index contributed by atoms with van der Waals surface area (Å²) in [6.45, 7) is 4.00. The van der Waals surface area contributed by atoms with Crippen molar-refractivity contribution in [1.82, 2.24) is 14.7 Å². The van der Waals surface area contributed by atoms with Crippen molar-refractivity contribution in [2.24, 2.45) is 5.92 Å². The van der Waals surface area contributed by atoms with Gasteiger partial charge in [-0.05, 0) is 60.6 Å². The molecule has 7 heteroatoms. The molecule has 2 aromatic carbocycles. The second-order valence-corrected chi connectivity index (χ2v) is 9.73. The maximum absolute atomic E-state index is 13.8. The van der Waals surface area contributed by atoms with Crippen LogP contribution >= 0.6 is 0 Å². The highest BCUT2D eigenvalue weighted by Gasteiger charge is 2.39. The van der Waals surface area contributed by atoms with Crippen molar-refractivity contribution in [1.29, 1.82) is 0 Å². The number of nitrogens with one attached hydrogen (secondary N) is 1. The van der Waals surface area contributed by atoms with Crippen molar-refractivity contribution in [2.75, 3.05) is 38.0 Å². The minimum Gasteiger partial charge on any atom is -0.337 e. The van der Waals surface area contributed by atoms with Crippen LogP contribution in [0.4, 0.5) is 14.9 Å². The summed E-state index contributed by atoms with van der Waals surface area (Å²) >= 11 is 0. The summed E-state index contributed by atoms with van der Waals surface area (Å²) in [6.07, 6.45) is 5.50. The zero-order valence-corrected chi connectivity index (χ0v) is 19.6. The lowest BCUT2D eigenvalue weighted by Gasteiger charge is -2.43. The van der Waals surface area contributed by atoms with E-state index in [9.17, 15) is 14.0 Å². The van der Waals surface area contributed by atoms with Gasteiger partial charge in [-0.15, -0.1) is 0 Å². The van der Waals surface area contributed by atoms with Crippen molar-refractivity contribution in [3.05, 3.63) is 65.5 Å². The Morgan fingerprint density at radius 1 is 0.853 bits per heavy atom. The van der Waals surface area contributed by atoms with E-state index in [1.165, 1.54) is 36.1 Å². The molecule has 180 valence electrons. The predicted molar refractivity (Wildman–Crippen MR) is 130 cm³/mol. The smallest absolute Gasteiger partial charge is 0.321 e. The first-order chi connectivity index (χ1) is 16.6.